The summed E-state index contributed by atoms with van der Waals surface area (Å²) in [5.74, 6) is -0.377. The van der Waals surface area contributed by atoms with Crippen molar-refractivity contribution >= 4 is 17.5 Å². The number of hydrogen-bond donors (Lipinski definition) is 2. The molecule has 0 heterocycles. The number of anilines is 1. The van der Waals surface area contributed by atoms with Gasteiger partial charge in [-0.2, -0.15) is 5.26 Å². The second-order valence-electron chi connectivity index (χ2n) is 7.44. The second kappa shape index (κ2) is 8.33. The van der Waals surface area contributed by atoms with Crippen molar-refractivity contribution < 1.29 is 9.59 Å². The van der Waals surface area contributed by atoms with Gasteiger partial charge in [-0.3, -0.25) is 14.5 Å². The average molecular weight is 356 g/mol. The van der Waals surface area contributed by atoms with Crippen LogP contribution in [0.25, 0.3) is 0 Å². The normalized spacial score (nSPS) is 15.5. The molecule has 6 heteroatoms. The number of nitriles is 1. The first-order chi connectivity index (χ1) is 12.2. The zero-order chi connectivity index (χ0) is 19.3. The van der Waals surface area contributed by atoms with Crippen LogP contribution in [-0.4, -0.2) is 42.4 Å². The molecule has 0 saturated heterocycles. The first-order valence-electron chi connectivity index (χ1n) is 9.03. The van der Waals surface area contributed by atoms with Gasteiger partial charge in [-0.25, -0.2) is 0 Å². The monoisotopic (exact) mass is 356 g/mol. The lowest BCUT2D eigenvalue weighted by molar-refractivity contribution is -0.124. The minimum Gasteiger partial charge on any atom is -0.337 e. The fourth-order valence-corrected chi connectivity index (χ4v) is 3.65. The molecule has 1 aliphatic rings. The molecule has 6 nitrogen and oxygen atoms in total. The summed E-state index contributed by atoms with van der Waals surface area (Å²) in [6.07, 6.45) is 3.32. The molecular weight excluding hydrogens is 328 g/mol. The van der Waals surface area contributed by atoms with Crippen molar-refractivity contribution in [2.24, 2.45) is 0 Å². The quantitative estimate of drug-likeness (QED) is 0.820. The molecule has 0 unspecified atom stereocenters. The third-order valence-corrected chi connectivity index (χ3v) is 4.82. The summed E-state index contributed by atoms with van der Waals surface area (Å²) in [4.78, 5) is 26.2. The number of hydrogen-bond acceptors (Lipinski definition) is 4. The summed E-state index contributed by atoms with van der Waals surface area (Å²) in [6.45, 7) is 6.16. The van der Waals surface area contributed by atoms with Crippen LogP contribution in [0.4, 0.5) is 5.69 Å². The predicted molar refractivity (Wildman–Crippen MR) is 102 cm³/mol. The van der Waals surface area contributed by atoms with Gasteiger partial charge in [0.1, 0.15) is 5.54 Å². The van der Waals surface area contributed by atoms with E-state index in [9.17, 15) is 14.9 Å². The van der Waals surface area contributed by atoms with E-state index in [2.05, 4.69) is 16.7 Å². The third kappa shape index (κ3) is 5.06. The van der Waals surface area contributed by atoms with E-state index in [0.29, 0.717) is 12.8 Å². The van der Waals surface area contributed by atoms with Crippen molar-refractivity contribution in [3.63, 3.8) is 0 Å². The first-order valence-corrected chi connectivity index (χ1v) is 9.03. The lowest BCUT2D eigenvalue weighted by atomic mass is 10.00. The van der Waals surface area contributed by atoms with E-state index in [4.69, 9.17) is 0 Å². The molecule has 140 valence electrons. The highest BCUT2D eigenvalue weighted by atomic mass is 16.2. The number of aryl methyl sites for hydroxylation is 3. The van der Waals surface area contributed by atoms with Gasteiger partial charge in [0, 0.05) is 5.69 Å². The van der Waals surface area contributed by atoms with Gasteiger partial charge in [0.2, 0.25) is 11.8 Å². The van der Waals surface area contributed by atoms with Crippen LogP contribution in [0.2, 0.25) is 0 Å². The smallest absolute Gasteiger partial charge is 0.238 e. The number of benzene rings is 1. The maximum atomic E-state index is 12.3. The molecule has 2 N–H and O–H groups in total. The number of carbonyl (C=O) groups is 2. The fourth-order valence-electron chi connectivity index (χ4n) is 3.65. The van der Waals surface area contributed by atoms with Gasteiger partial charge in [-0.05, 0) is 64.6 Å². The van der Waals surface area contributed by atoms with Gasteiger partial charge in [-0.1, -0.05) is 17.7 Å². The molecular formula is C20H28N4O2. The second-order valence-corrected chi connectivity index (χ2v) is 7.44. The Bertz CT molecular complexity index is 707. The number of nitrogens with zero attached hydrogens (tertiary/aromatic N) is 2. The molecule has 1 aromatic rings. The van der Waals surface area contributed by atoms with E-state index in [1.807, 2.05) is 32.9 Å². The fraction of sp³-hybridized carbons (Fsp3) is 0.550. The van der Waals surface area contributed by atoms with Crippen LogP contribution < -0.4 is 10.6 Å². The molecule has 0 radical (unpaired) electrons. The summed E-state index contributed by atoms with van der Waals surface area (Å²) >= 11 is 0. The zero-order valence-electron chi connectivity index (χ0n) is 16.1. The lowest BCUT2D eigenvalue weighted by Crippen LogP contribution is -2.49. The van der Waals surface area contributed by atoms with E-state index in [1.54, 1.807) is 11.9 Å². The Morgan fingerprint density at radius 1 is 1.12 bits per heavy atom. The Morgan fingerprint density at radius 2 is 1.65 bits per heavy atom. The third-order valence-electron chi connectivity index (χ3n) is 4.82. The average Bonchev–Trinajstić information content (AvgIpc) is 2.99. The molecule has 2 rings (SSSR count). The molecule has 0 bridgehead atoms. The van der Waals surface area contributed by atoms with Gasteiger partial charge in [0.25, 0.3) is 0 Å². The Kier molecular flexibility index (Phi) is 6.38. The maximum Gasteiger partial charge on any atom is 0.238 e. The Hall–Kier alpha value is -2.39. The topological polar surface area (TPSA) is 85.2 Å². The van der Waals surface area contributed by atoms with Gasteiger partial charge in [-0.15, -0.1) is 0 Å². The molecule has 1 aliphatic carbocycles. The lowest BCUT2D eigenvalue weighted by Gasteiger charge is -2.24. The summed E-state index contributed by atoms with van der Waals surface area (Å²) in [5, 5.41) is 15.1. The van der Waals surface area contributed by atoms with Gasteiger partial charge in [0.05, 0.1) is 19.2 Å². The summed E-state index contributed by atoms with van der Waals surface area (Å²) < 4.78 is 0. The standard InChI is InChI=1S/C20H28N4O2/c1-14-9-15(2)19(16(3)10-14)22-17(25)11-24(4)12-18(26)23-20(13-21)7-5-6-8-20/h9-10H,5-8,11-12H2,1-4H3,(H,22,25)(H,23,26). The molecule has 2 amide bonds. The summed E-state index contributed by atoms with van der Waals surface area (Å²) in [6, 6.07) is 6.30. The molecule has 0 aromatic heterocycles. The van der Waals surface area contributed by atoms with Crippen LogP contribution in [0, 0.1) is 32.1 Å². The van der Waals surface area contributed by atoms with E-state index in [-0.39, 0.29) is 24.9 Å². The predicted octanol–water partition coefficient (Wildman–Crippen LogP) is 2.43. The summed E-state index contributed by atoms with van der Waals surface area (Å²) in [7, 11) is 1.72. The van der Waals surface area contributed by atoms with E-state index < -0.39 is 5.54 Å². The zero-order valence-corrected chi connectivity index (χ0v) is 16.1. The van der Waals surface area contributed by atoms with Crippen molar-refractivity contribution in [2.45, 2.75) is 52.0 Å². The first kappa shape index (κ1) is 19.9. The van der Waals surface area contributed by atoms with Crippen molar-refractivity contribution in [3.05, 3.63) is 28.8 Å². The molecule has 1 aromatic carbocycles. The number of carbonyl (C=O) groups excluding carboxylic acids is 2. The molecule has 26 heavy (non-hydrogen) atoms. The minimum absolute atomic E-state index is 0.0860. The molecule has 0 aliphatic heterocycles. The van der Waals surface area contributed by atoms with Crippen molar-refractivity contribution in [3.8, 4) is 6.07 Å². The SMILES string of the molecule is Cc1cc(C)c(NC(=O)CN(C)CC(=O)NC2(C#N)CCCC2)c(C)c1. The van der Waals surface area contributed by atoms with Crippen LogP contribution in [0.3, 0.4) is 0 Å². The molecule has 1 fully saturated rings. The van der Waals surface area contributed by atoms with E-state index in [0.717, 1.165) is 35.2 Å². The summed E-state index contributed by atoms with van der Waals surface area (Å²) in [5.41, 5.74) is 3.30. The highest BCUT2D eigenvalue weighted by molar-refractivity contribution is 5.94. The van der Waals surface area contributed by atoms with Crippen LogP contribution in [0.5, 0.6) is 0 Å². The Labute approximate surface area is 155 Å². The minimum atomic E-state index is -0.726. The van der Waals surface area contributed by atoms with Gasteiger partial charge >= 0.3 is 0 Å². The number of likely N-dealkylation sites (N-methyl/N-ethyl adjacent to an activating group) is 1. The highest BCUT2D eigenvalue weighted by Crippen LogP contribution is 2.28. The van der Waals surface area contributed by atoms with Gasteiger partial charge in [0.15, 0.2) is 0 Å². The van der Waals surface area contributed by atoms with Crippen molar-refractivity contribution in [2.75, 3.05) is 25.5 Å². The van der Waals surface area contributed by atoms with Crippen LogP contribution in [-0.2, 0) is 9.59 Å². The number of nitrogens with one attached hydrogen (secondary N) is 2. The van der Waals surface area contributed by atoms with Crippen LogP contribution in [0.15, 0.2) is 12.1 Å². The molecule has 1 saturated carbocycles. The number of rotatable bonds is 6. The molecule has 0 spiro atoms. The van der Waals surface area contributed by atoms with Crippen LogP contribution in [0.1, 0.15) is 42.4 Å². The molecule has 0 atom stereocenters. The number of amides is 2. The maximum absolute atomic E-state index is 12.3. The highest BCUT2D eigenvalue weighted by Gasteiger charge is 2.35. The van der Waals surface area contributed by atoms with E-state index in [1.165, 1.54) is 0 Å². The Balaban J connectivity index is 1.87. The largest absolute Gasteiger partial charge is 0.337 e. The van der Waals surface area contributed by atoms with Crippen molar-refractivity contribution in [1.29, 1.82) is 5.26 Å². The Morgan fingerprint density at radius 3 is 2.19 bits per heavy atom. The van der Waals surface area contributed by atoms with Crippen molar-refractivity contribution in [1.82, 2.24) is 10.2 Å². The van der Waals surface area contributed by atoms with Crippen LogP contribution >= 0.6 is 0 Å². The van der Waals surface area contributed by atoms with E-state index >= 15 is 0 Å². The van der Waals surface area contributed by atoms with Gasteiger partial charge < -0.3 is 10.6 Å².